The summed E-state index contributed by atoms with van der Waals surface area (Å²) in [5, 5.41) is 2.63. The highest BCUT2D eigenvalue weighted by Gasteiger charge is 2.22. The van der Waals surface area contributed by atoms with Crippen molar-refractivity contribution in [1.29, 1.82) is 0 Å². The van der Waals surface area contributed by atoms with Gasteiger partial charge in [-0.2, -0.15) is 0 Å². The summed E-state index contributed by atoms with van der Waals surface area (Å²) in [6, 6.07) is 1.41. The van der Waals surface area contributed by atoms with Crippen molar-refractivity contribution in [3.05, 3.63) is 23.6 Å². The molecule has 1 atom stereocenters. The molecule has 1 aliphatic heterocycles. The van der Waals surface area contributed by atoms with E-state index >= 15 is 0 Å². The fraction of sp³-hybridized carbons (Fsp3) is 0.571. The van der Waals surface area contributed by atoms with E-state index in [2.05, 4.69) is 10.3 Å². The van der Waals surface area contributed by atoms with Crippen molar-refractivity contribution in [3.8, 4) is 0 Å². The van der Waals surface area contributed by atoms with Crippen LogP contribution in [0.25, 0.3) is 0 Å². The molecule has 20 heavy (non-hydrogen) atoms. The fourth-order valence-corrected chi connectivity index (χ4v) is 2.41. The van der Waals surface area contributed by atoms with Crippen LogP contribution in [0, 0.1) is 11.7 Å². The van der Waals surface area contributed by atoms with Crippen LogP contribution in [-0.4, -0.2) is 49.6 Å². The van der Waals surface area contributed by atoms with Crippen molar-refractivity contribution in [1.82, 2.24) is 9.88 Å². The standard InChI is InChI=1S/C14H20FN3O2/c1-16-13-12(15)11(5-6-17-13)14(19)18(2)8-10-4-3-7-20-9-10/h5-6,10H,3-4,7-9H2,1-2H3,(H,16,17). The van der Waals surface area contributed by atoms with Crippen LogP contribution < -0.4 is 5.32 Å². The quantitative estimate of drug-likeness (QED) is 0.913. The minimum Gasteiger partial charge on any atom is -0.381 e. The number of nitrogens with zero attached hydrogens (tertiary/aromatic N) is 2. The highest BCUT2D eigenvalue weighted by Crippen LogP contribution is 2.18. The Hall–Kier alpha value is -1.69. The zero-order valence-electron chi connectivity index (χ0n) is 11.9. The van der Waals surface area contributed by atoms with E-state index in [0.717, 1.165) is 19.4 Å². The number of hydrogen-bond donors (Lipinski definition) is 1. The van der Waals surface area contributed by atoms with Crippen molar-refractivity contribution in [2.24, 2.45) is 5.92 Å². The number of hydrogen-bond acceptors (Lipinski definition) is 4. The Morgan fingerprint density at radius 3 is 3.10 bits per heavy atom. The van der Waals surface area contributed by atoms with Crippen LogP contribution in [0.1, 0.15) is 23.2 Å². The summed E-state index contributed by atoms with van der Waals surface area (Å²) in [5.41, 5.74) is 0.0450. The maximum atomic E-state index is 14.1. The Morgan fingerprint density at radius 1 is 1.65 bits per heavy atom. The molecule has 1 N–H and O–H groups in total. The van der Waals surface area contributed by atoms with E-state index in [-0.39, 0.29) is 17.3 Å². The largest absolute Gasteiger partial charge is 0.381 e. The van der Waals surface area contributed by atoms with Gasteiger partial charge in [-0.3, -0.25) is 4.79 Å². The highest BCUT2D eigenvalue weighted by molar-refractivity contribution is 5.95. The van der Waals surface area contributed by atoms with Crippen molar-refractivity contribution in [2.75, 3.05) is 39.2 Å². The average molecular weight is 281 g/mol. The van der Waals surface area contributed by atoms with E-state index in [1.165, 1.54) is 12.3 Å². The summed E-state index contributed by atoms with van der Waals surface area (Å²) in [4.78, 5) is 17.7. The molecule has 6 heteroatoms. The first-order valence-electron chi connectivity index (χ1n) is 6.79. The number of halogens is 1. The summed E-state index contributed by atoms with van der Waals surface area (Å²) in [7, 11) is 3.26. The molecule has 1 amide bonds. The summed E-state index contributed by atoms with van der Waals surface area (Å²) >= 11 is 0. The Bertz CT molecular complexity index is 475. The monoisotopic (exact) mass is 281 g/mol. The van der Waals surface area contributed by atoms with Crippen molar-refractivity contribution >= 4 is 11.7 Å². The SMILES string of the molecule is CNc1nccc(C(=O)N(C)CC2CCCOC2)c1F. The highest BCUT2D eigenvalue weighted by atomic mass is 19.1. The first kappa shape index (κ1) is 14.7. The average Bonchev–Trinajstić information content (AvgIpc) is 2.48. The lowest BCUT2D eigenvalue weighted by Crippen LogP contribution is -2.35. The number of pyridine rings is 1. The number of aromatic nitrogens is 1. The van der Waals surface area contributed by atoms with Gasteiger partial charge in [0.15, 0.2) is 11.6 Å². The lowest BCUT2D eigenvalue weighted by molar-refractivity contribution is 0.0387. The molecule has 1 unspecified atom stereocenters. The Labute approximate surface area is 118 Å². The molecule has 1 aliphatic rings. The summed E-state index contributed by atoms with van der Waals surface area (Å²) in [6.45, 7) is 2.03. The van der Waals surface area contributed by atoms with Gasteiger partial charge in [0, 0.05) is 33.4 Å². The Balaban J connectivity index is 2.06. The molecule has 110 valence electrons. The molecular formula is C14H20FN3O2. The number of amides is 1. The van der Waals surface area contributed by atoms with Crippen LogP contribution in [0.2, 0.25) is 0 Å². The predicted octanol–water partition coefficient (Wildman–Crippen LogP) is 1.76. The maximum absolute atomic E-state index is 14.1. The lowest BCUT2D eigenvalue weighted by atomic mass is 10.0. The molecule has 1 fully saturated rings. The van der Waals surface area contributed by atoms with Gasteiger partial charge in [0.1, 0.15) is 0 Å². The third kappa shape index (κ3) is 3.25. The number of nitrogens with one attached hydrogen (secondary N) is 1. The summed E-state index contributed by atoms with van der Waals surface area (Å²) in [5.74, 6) is -0.518. The van der Waals surface area contributed by atoms with Gasteiger partial charge in [-0.15, -0.1) is 0 Å². The van der Waals surface area contributed by atoms with E-state index in [0.29, 0.717) is 19.1 Å². The summed E-state index contributed by atoms with van der Waals surface area (Å²) < 4.78 is 19.5. The number of carbonyl (C=O) groups is 1. The van der Waals surface area contributed by atoms with Crippen LogP contribution in [0.15, 0.2) is 12.3 Å². The van der Waals surface area contributed by atoms with Gasteiger partial charge < -0.3 is 15.0 Å². The van der Waals surface area contributed by atoms with Gasteiger partial charge in [0.05, 0.1) is 12.2 Å². The number of carbonyl (C=O) groups excluding carboxylic acids is 1. The minimum absolute atomic E-state index is 0.0450. The Morgan fingerprint density at radius 2 is 2.45 bits per heavy atom. The van der Waals surface area contributed by atoms with Crippen LogP contribution in [-0.2, 0) is 4.74 Å². The van der Waals surface area contributed by atoms with Gasteiger partial charge in [-0.25, -0.2) is 9.37 Å². The van der Waals surface area contributed by atoms with Gasteiger partial charge in [0.2, 0.25) is 0 Å². The zero-order chi connectivity index (χ0) is 14.5. The van der Waals surface area contributed by atoms with E-state index in [1.807, 2.05) is 0 Å². The molecule has 1 saturated heterocycles. The number of anilines is 1. The molecule has 0 aromatic carbocycles. The van der Waals surface area contributed by atoms with Gasteiger partial charge >= 0.3 is 0 Å². The van der Waals surface area contributed by atoms with E-state index < -0.39 is 5.82 Å². The molecule has 0 radical (unpaired) electrons. The first-order valence-corrected chi connectivity index (χ1v) is 6.79. The molecule has 1 aromatic heterocycles. The minimum atomic E-state index is -0.605. The molecule has 5 nitrogen and oxygen atoms in total. The molecule has 2 rings (SSSR count). The third-order valence-electron chi connectivity index (χ3n) is 3.49. The van der Waals surface area contributed by atoms with Gasteiger partial charge in [-0.1, -0.05) is 0 Å². The molecule has 2 heterocycles. The topological polar surface area (TPSA) is 54.5 Å². The number of ether oxygens (including phenoxy) is 1. The first-order chi connectivity index (χ1) is 9.63. The van der Waals surface area contributed by atoms with Crippen molar-refractivity contribution in [2.45, 2.75) is 12.8 Å². The van der Waals surface area contributed by atoms with Crippen LogP contribution in [0.4, 0.5) is 10.2 Å². The molecule has 0 saturated carbocycles. The van der Waals surface area contributed by atoms with Gasteiger partial charge in [0.25, 0.3) is 5.91 Å². The van der Waals surface area contributed by atoms with E-state index in [9.17, 15) is 9.18 Å². The van der Waals surface area contributed by atoms with E-state index in [4.69, 9.17) is 4.74 Å². The second-order valence-corrected chi connectivity index (χ2v) is 5.04. The van der Waals surface area contributed by atoms with E-state index in [1.54, 1.807) is 19.0 Å². The normalized spacial score (nSPS) is 18.6. The van der Waals surface area contributed by atoms with Gasteiger partial charge in [-0.05, 0) is 24.8 Å². The molecule has 1 aromatic rings. The maximum Gasteiger partial charge on any atom is 0.256 e. The third-order valence-corrected chi connectivity index (χ3v) is 3.49. The van der Waals surface area contributed by atoms with Crippen LogP contribution >= 0.6 is 0 Å². The lowest BCUT2D eigenvalue weighted by Gasteiger charge is -2.27. The second kappa shape index (κ2) is 6.65. The molecular weight excluding hydrogens is 261 g/mol. The van der Waals surface area contributed by atoms with Crippen molar-refractivity contribution in [3.63, 3.8) is 0 Å². The molecule has 0 bridgehead atoms. The van der Waals surface area contributed by atoms with Crippen LogP contribution in [0.3, 0.4) is 0 Å². The molecule has 0 spiro atoms. The number of rotatable bonds is 4. The van der Waals surface area contributed by atoms with Crippen molar-refractivity contribution < 1.29 is 13.9 Å². The predicted molar refractivity (Wildman–Crippen MR) is 74.2 cm³/mol. The smallest absolute Gasteiger partial charge is 0.256 e. The zero-order valence-corrected chi connectivity index (χ0v) is 11.9. The van der Waals surface area contributed by atoms with Crippen LogP contribution in [0.5, 0.6) is 0 Å². The second-order valence-electron chi connectivity index (χ2n) is 5.04. The Kier molecular flexibility index (Phi) is 4.89. The fourth-order valence-electron chi connectivity index (χ4n) is 2.41. The molecule has 0 aliphatic carbocycles. The summed E-state index contributed by atoms with van der Waals surface area (Å²) in [6.07, 6.45) is 3.48.